The number of H-pyrrole nitrogens is 1. The van der Waals surface area contributed by atoms with Crippen molar-refractivity contribution in [2.75, 3.05) is 14.1 Å². The van der Waals surface area contributed by atoms with E-state index in [2.05, 4.69) is 20.3 Å². The number of fused-ring (bicyclic) bond motifs is 1. The van der Waals surface area contributed by atoms with Crippen LogP contribution in [-0.4, -0.2) is 38.2 Å². The fourth-order valence-electron chi connectivity index (χ4n) is 1.49. The molecule has 0 aromatic carbocycles. The van der Waals surface area contributed by atoms with E-state index in [0.29, 0.717) is 0 Å². The highest BCUT2D eigenvalue weighted by molar-refractivity contribution is 5.71. The van der Waals surface area contributed by atoms with Crippen LogP contribution < -0.4 is 11.2 Å². The van der Waals surface area contributed by atoms with Gasteiger partial charge in [-0.05, 0) is 0 Å². The number of aromatic amines is 1. The Morgan fingerprint density at radius 2 is 1.89 bits per heavy atom. The van der Waals surface area contributed by atoms with Gasteiger partial charge in [-0.15, -0.1) is 0 Å². The highest BCUT2D eigenvalue weighted by Crippen LogP contribution is 2.11. The molecule has 96 valence electrons. The molecule has 18 heavy (non-hydrogen) atoms. The summed E-state index contributed by atoms with van der Waals surface area (Å²) in [7, 11) is 6.37. The molecule has 0 saturated carbocycles. The highest BCUT2D eigenvalue weighted by Gasteiger charge is 2.12. The number of hydrogen-bond acceptors (Lipinski definition) is 5. The van der Waals surface area contributed by atoms with Gasteiger partial charge in [-0.1, -0.05) is 10.3 Å². The summed E-state index contributed by atoms with van der Waals surface area (Å²) >= 11 is 0. The van der Waals surface area contributed by atoms with Gasteiger partial charge in [-0.25, -0.2) is 4.79 Å². The van der Waals surface area contributed by atoms with Gasteiger partial charge in [-0.2, -0.15) is 4.98 Å². The Kier molecular flexibility index (Phi) is 2.73. The van der Waals surface area contributed by atoms with Crippen molar-refractivity contribution in [1.29, 1.82) is 0 Å². The van der Waals surface area contributed by atoms with Crippen molar-refractivity contribution in [2.24, 2.45) is 24.4 Å². The van der Waals surface area contributed by atoms with E-state index < -0.39 is 11.2 Å². The lowest BCUT2D eigenvalue weighted by atomic mass is 10.5. The molecule has 2 heterocycles. The van der Waals surface area contributed by atoms with Crippen LogP contribution >= 0.6 is 0 Å². The third kappa shape index (κ3) is 1.79. The molecule has 0 saturated heterocycles. The van der Waals surface area contributed by atoms with Crippen LogP contribution in [0, 0.1) is 0 Å². The van der Waals surface area contributed by atoms with Gasteiger partial charge in [0.15, 0.2) is 11.2 Å². The topological polar surface area (TPSA) is 101 Å². The lowest BCUT2D eigenvalue weighted by Gasteiger charge is -2.00. The fraction of sp³-hybridized carbons (Fsp3) is 0.444. The van der Waals surface area contributed by atoms with Crippen molar-refractivity contribution >= 4 is 17.1 Å². The summed E-state index contributed by atoms with van der Waals surface area (Å²) in [6.07, 6.45) is 0. The largest absolute Gasteiger partial charge is 0.332 e. The maximum atomic E-state index is 11.8. The van der Waals surface area contributed by atoms with Gasteiger partial charge in [-0.3, -0.25) is 18.9 Å². The second-order valence-electron chi connectivity index (χ2n) is 4.00. The molecule has 0 spiro atoms. The molecular weight excluding hydrogens is 238 g/mol. The van der Waals surface area contributed by atoms with E-state index in [-0.39, 0.29) is 17.1 Å². The molecule has 9 heteroatoms. The maximum absolute atomic E-state index is 11.8. The molecule has 1 N–H and O–H groups in total. The van der Waals surface area contributed by atoms with Crippen molar-refractivity contribution in [3.63, 3.8) is 0 Å². The third-order valence-electron chi connectivity index (χ3n) is 2.40. The first-order chi connectivity index (χ1) is 8.41. The molecule has 0 unspecified atom stereocenters. The van der Waals surface area contributed by atoms with Gasteiger partial charge in [0.2, 0.25) is 0 Å². The normalized spacial score (nSPS) is 11.6. The van der Waals surface area contributed by atoms with E-state index in [9.17, 15) is 9.59 Å². The van der Waals surface area contributed by atoms with E-state index >= 15 is 0 Å². The van der Waals surface area contributed by atoms with Crippen LogP contribution in [-0.2, 0) is 14.1 Å². The van der Waals surface area contributed by atoms with Crippen LogP contribution in [0.25, 0.3) is 11.2 Å². The first-order valence-corrected chi connectivity index (χ1v) is 5.16. The number of aromatic nitrogens is 4. The minimum Gasteiger partial charge on any atom is -0.315 e. The monoisotopic (exact) mass is 251 g/mol. The Labute approximate surface area is 101 Å². The molecule has 2 aromatic rings. The van der Waals surface area contributed by atoms with Crippen LogP contribution in [0.2, 0.25) is 0 Å². The summed E-state index contributed by atoms with van der Waals surface area (Å²) < 4.78 is 2.29. The second-order valence-corrected chi connectivity index (χ2v) is 4.00. The molecule has 0 atom stereocenters. The van der Waals surface area contributed by atoms with E-state index in [1.54, 1.807) is 14.1 Å². The molecule has 0 aliphatic carbocycles. The predicted molar refractivity (Wildman–Crippen MR) is 64.8 cm³/mol. The van der Waals surface area contributed by atoms with E-state index in [1.165, 1.54) is 23.7 Å². The SMILES string of the molecule is CN(C)/N=N/c1nc2c([nH]1)c(=O)n(C)c(=O)n2C. The van der Waals surface area contributed by atoms with Crippen LogP contribution in [0.5, 0.6) is 0 Å². The Hall–Kier alpha value is -2.45. The molecule has 2 rings (SSSR count). The van der Waals surface area contributed by atoms with Crippen LogP contribution in [0.3, 0.4) is 0 Å². The second kappa shape index (κ2) is 4.09. The van der Waals surface area contributed by atoms with Crippen LogP contribution in [0.1, 0.15) is 0 Å². The number of hydrogen-bond donors (Lipinski definition) is 1. The standard InChI is InChI=1S/C9H13N7O2/c1-14(2)13-12-8-10-5-6(11-8)15(3)9(18)16(4)7(5)17/h1-4H3,(H,10,11)/b13-12+. The molecular formula is C9H13N7O2. The maximum Gasteiger partial charge on any atom is 0.332 e. The Morgan fingerprint density at radius 1 is 1.22 bits per heavy atom. The predicted octanol–water partition coefficient (Wildman–Crippen LogP) is -0.479. The van der Waals surface area contributed by atoms with E-state index in [4.69, 9.17) is 0 Å². The minimum atomic E-state index is -0.438. The van der Waals surface area contributed by atoms with Crippen molar-refractivity contribution in [3.05, 3.63) is 20.8 Å². The van der Waals surface area contributed by atoms with Gasteiger partial charge in [0.05, 0.1) is 0 Å². The number of rotatable bonds is 2. The molecule has 2 aromatic heterocycles. The third-order valence-corrected chi connectivity index (χ3v) is 2.40. The smallest absolute Gasteiger partial charge is 0.315 e. The van der Waals surface area contributed by atoms with Crippen molar-refractivity contribution in [1.82, 2.24) is 24.1 Å². The quantitative estimate of drug-likeness (QED) is 0.575. The Bertz CT molecular complexity index is 734. The van der Waals surface area contributed by atoms with Crippen molar-refractivity contribution in [3.8, 4) is 0 Å². The molecule has 0 bridgehead atoms. The van der Waals surface area contributed by atoms with Gasteiger partial charge in [0.1, 0.15) is 0 Å². The first kappa shape index (κ1) is 12.0. The molecule has 0 aliphatic heterocycles. The van der Waals surface area contributed by atoms with Gasteiger partial charge in [0, 0.05) is 28.2 Å². The van der Waals surface area contributed by atoms with Gasteiger partial charge >= 0.3 is 5.69 Å². The Balaban J connectivity index is 2.73. The number of aryl methyl sites for hydroxylation is 1. The number of nitrogens with zero attached hydrogens (tertiary/aromatic N) is 6. The van der Waals surface area contributed by atoms with Crippen molar-refractivity contribution in [2.45, 2.75) is 0 Å². The molecule has 0 fully saturated rings. The summed E-state index contributed by atoms with van der Waals surface area (Å²) in [5.74, 6) is 0.178. The summed E-state index contributed by atoms with van der Waals surface area (Å²) in [6.45, 7) is 0. The fourth-order valence-corrected chi connectivity index (χ4v) is 1.49. The van der Waals surface area contributed by atoms with Crippen LogP contribution in [0.15, 0.2) is 19.9 Å². The zero-order valence-electron chi connectivity index (χ0n) is 10.5. The summed E-state index contributed by atoms with van der Waals surface area (Å²) in [4.78, 5) is 30.3. The van der Waals surface area contributed by atoms with E-state index in [1.807, 2.05) is 0 Å². The summed E-state index contributed by atoms with van der Waals surface area (Å²) in [5.41, 5.74) is -0.384. The zero-order valence-corrected chi connectivity index (χ0v) is 10.5. The molecule has 0 amide bonds. The molecule has 9 nitrogen and oxygen atoms in total. The minimum absolute atomic E-state index is 0.178. The first-order valence-electron chi connectivity index (χ1n) is 5.16. The molecule has 0 radical (unpaired) electrons. The van der Waals surface area contributed by atoms with Crippen molar-refractivity contribution < 1.29 is 0 Å². The number of nitrogens with one attached hydrogen (secondary N) is 1. The molecule has 0 aliphatic rings. The Morgan fingerprint density at radius 3 is 2.50 bits per heavy atom. The van der Waals surface area contributed by atoms with Gasteiger partial charge in [0.25, 0.3) is 11.5 Å². The lowest BCUT2D eigenvalue weighted by Crippen LogP contribution is -2.36. The summed E-state index contributed by atoms with van der Waals surface area (Å²) in [6, 6.07) is 0. The number of imidazole rings is 1. The summed E-state index contributed by atoms with van der Waals surface area (Å²) in [5, 5.41) is 9.06. The van der Waals surface area contributed by atoms with Gasteiger partial charge < -0.3 is 4.98 Å². The van der Waals surface area contributed by atoms with E-state index in [0.717, 1.165) is 4.57 Å². The zero-order chi connectivity index (χ0) is 13.4. The average Bonchev–Trinajstić information content (AvgIpc) is 2.75. The highest BCUT2D eigenvalue weighted by atomic mass is 16.2. The van der Waals surface area contributed by atoms with Crippen LogP contribution in [0.4, 0.5) is 5.95 Å². The average molecular weight is 251 g/mol. The lowest BCUT2D eigenvalue weighted by molar-refractivity contribution is 0.407.